The molecule has 0 fully saturated rings. The molecule has 0 saturated carbocycles. The first kappa shape index (κ1) is 51.2. The van der Waals surface area contributed by atoms with Crippen LogP contribution in [0.3, 0.4) is 0 Å². The Bertz CT molecular complexity index is 1140. The predicted molar refractivity (Wildman–Crippen MR) is 225 cm³/mol. The molecule has 1 atom stereocenters. The van der Waals surface area contributed by atoms with Crippen molar-refractivity contribution in [3.05, 3.63) is 85.1 Å². The van der Waals surface area contributed by atoms with E-state index in [4.69, 9.17) is 19.3 Å². The molecule has 0 rings (SSSR count). The molecule has 0 amide bonds. The highest BCUT2D eigenvalue weighted by Crippen LogP contribution is 2.36. The summed E-state index contributed by atoms with van der Waals surface area (Å²) in [7, 11) is -4.78. The molecule has 8 nitrogen and oxygen atoms in total. The minimum Gasteiger partial charge on any atom is -0.462 e. The highest BCUT2D eigenvalue weighted by atomic mass is 31.2. The SMILES string of the molecule is CC/C=C\C/C=C\C/C=C\C/C=C\C/C=C\C/C=C\CCC(=O)OC(COC(=O)CCCCCCCCC/C=C\CCCCCCCC)COP(=O)(O)O. The van der Waals surface area contributed by atoms with Crippen LogP contribution < -0.4 is 0 Å². The van der Waals surface area contributed by atoms with Crippen molar-refractivity contribution in [1.82, 2.24) is 0 Å². The van der Waals surface area contributed by atoms with E-state index in [0.717, 1.165) is 64.2 Å². The summed E-state index contributed by atoms with van der Waals surface area (Å²) in [5, 5.41) is 0. The Hall–Kier alpha value is -2.77. The number of phosphoric acid groups is 1. The first-order chi connectivity index (χ1) is 26.3. The summed E-state index contributed by atoms with van der Waals surface area (Å²) in [6.07, 6.45) is 53.1. The summed E-state index contributed by atoms with van der Waals surface area (Å²) in [6.45, 7) is 3.49. The van der Waals surface area contributed by atoms with E-state index in [9.17, 15) is 14.2 Å². The van der Waals surface area contributed by atoms with Crippen LogP contribution in [0.1, 0.15) is 168 Å². The lowest BCUT2D eigenvalue weighted by Crippen LogP contribution is -2.29. The fraction of sp³-hybridized carbons (Fsp3) is 0.644. The average Bonchev–Trinajstić information content (AvgIpc) is 3.14. The quantitative estimate of drug-likeness (QED) is 0.0277. The van der Waals surface area contributed by atoms with Gasteiger partial charge >= 0.3 is 19.8 Å². The smallest absolute Gasteiger partial charge is 0.462 e. The molecule has 2 N–H and O–H groups in total. The summed E-state index contributed by atoms with van der Waals surface area (Å²) in [5.41, 5.74) is 0. The Morgan fingerprint density at radius 2 is 0.926 bits per heavy atom. The van der Waals surface area contributed by atoms with Crippen LogP contribution >= 0.6 is 7.82 Å². The number of esters is 2. The van der Waals surface area contributed by atoms with Gasteiger partial charge < -0.3 is 19.3 Å². The second kappa shape index (κ2) is 39.9. The fourth-order valence-corrected chi connectivity index (χ4v) is 5.69. The molecule has 0 aromatic heterocycles. The van der Waals surface area contributed by atoms with E-state index < -0.39 is 32.5 Å². The van der Waals surface area contributed by atoms with Gasteiger partial charge in [-0.1, -0.05) is 163 Å². The van der Waals surface area contributed by atoms with E-state index >= 15 is 0 Å². The van der Waals surface area contributed by atoms with Crippen molar-refractivity contribution in [2.75, 3.05) is 13.2 Å². The van der Waals surface area contributed by atoms with Crippen LogP contribution in [0, 0.1) is 0 Å². The van der Waals surface area contributed by atoms with Gasteiger partial charge in [0.05, 0.1) is 6.61 Å². The zero-order valence-electron chi connectivity index (χ0n) is 33.8. The molecular formula is C45H75O8P. The maximum absolute atomic E-state index is 12.4. The van der Waals surface area contributed by atoms with Gasteiger partial charge in [0, 0.05) is 12.8 Å². The molecule has 1 unspecified atom stereocenters. The molecule has 0 aromatic rings. The van der Waals surface area contributed by atoms with Crippen molar-refractivity contribution in [3.63, 3.8) is 0 Å². The lowest BCUT2D eigenvalue weighted by atomic mass is 10.1. The number of phosphoric ester groups is 1. The first-order valence-electron chi connectivity index (χ1n) is 20.9. The molecule has 308 valence electrons. The molecule has 0 aliphatic heterocycles. The zero-order valence-corrected chi connectivity index (χ0v) is 34.7. The largest absolute Gasteiger partial charge is 0.469 e. The molecule has 0 spiro atoms. The Morgan fingerprint density at radius 3 is 1.41 bits per heavy atom. The first-order valence-corrected chi connectivity index (χ1v) is 22.4. The molecule has 0 aliphatic carbocycles. The van der Waals surface area contributed by atoms with Gasteiger partial charge in [-0.2, -0.15) is 0 Å². The van der Waals surface area contributed by atoms with E-state index in [1.54, 1.807) is 0 Å². The molecule has 54 heavy (non-hydrogen) atoms. The van der Waals surface area contributed by atoms with E-state index in [-0.39, 0.29) is 19.4 Å². The maximum atomic E-state index is 12.4. The van der Waals surface area contributed by atoms with Gasteiger partial charge in [-0.25, -0.2) is 4.57 Å². The lowest BCUT2D eigenvalue weighted by molar-refractivity contribution is -0.161. The Morgan fingerprint density at radius 1 is 0.500 bits per heavy atom. The lowest BCUT2D eigenvalue weighted by Gasteiger charge is -2.18. The van der Waals surface area contributed by atoms with Crippen LogP contribution in [0.5, 0.6) is 0 Å². The van der Waals surface area contributed by atoms with Gasteiger partial charge in [-0.15, -0.1) is 0 Å². The summed E-state index contributed by atoms with van der Waals surface area (Å²) in [4.78, 5) is 42.8. The number of allylic oxidation sites excluding steroid dienone is 14. The number of rotatable bonds is 37. The number of unbranched alkanes of at least 4 members (excludes halogenated alkanes) is 13. The van der Waals surface area contributed by atoms with Crippen molar-refractivity contribution in [2.45, 2.75) is 174 Å². The average molecular weight is 775 g/mol. The maximum Gasteiger partial charge on any atom is 0.469 e. The summed E-state index contributed by atoms with van der Waals surface area (Å²) < 4.78 is 26.3. The van der Waals surface area contributed by atoms with Crippen molar-refractivity contribution >= 4 is 19.8 Å². The minimum atomic E-state index is -4.78. The Kier molecular flexibility index (Phi) is 37.9. The van der Waals surface area contributed by atoms with Crippen molar-refractivity contribution in [3.8, 4) is 0 Å². The number of ether oxygens (including phenoxy) is 2. The number of carbonyl (C=O) groups is 2. The Labute approximate surface area is 329 Å². The van der Waals surface area contributed by atoms with Crippen molar-refractivity contribution in [2.24, 2.45) is 0 Å². The fourth-order valence-electron chi connectivity index (χ4n) is 5.33. The van der Waals surface area contributed by atoms with E-state index in [1.165, 1.54) is 64.2 Å². The summed E-state index contributed by atoms with van der Waals surface area (Å²) in [5.74, 6) is -0.993. The third-order valence-electron chi connectivity index (χ3n) is 8.41. The summed E-state index contributed by atoms with van der Waals surface area (Å²) >= 11 is 0. The van der Waals surface area contributed by atoms with Gasteiger partial charge in [0.1, 0.15) is 6.61 Å². The van der Waals surface area contributed by atoms with Gasteiger partial charge in [0.15, 0.2) is 6.10 Å². The number of hydrogen-bond donors (Lipinski definition) is 2. The molecule has 0 aromatic carbocycles. The molecule has 0 bridgehead atoms. The van der Waals surface area contributed by atoms with E-state index in [1.807, 2.05) is 12.2 Å². The van der Waals surface area contributed by atoms with Crippen LogP contribution in [0.25, 0.3) is 0 Å². The van der Waals surface area contributed by atoms with E-state index in [2.05, 4.69) is 91.3 Å². The number of carbonyl (C=O) groups excluding carboxylic acids is 2. The standard InChI is InChI=1S/C45H75O8P/c1-3-5-7-9-11-13-15-17-19-21-22-24-26-28-30-32-34-36-38-40-45(47)53-43(42-52-54(48,49)50)41-51-44(46)39-37-35-33-31-29-27-25-23-20-18-16-14-12-10-8-6-4-2/h5,7,11,13,17-20,22,24,28,30,34,36,43H,3-4,6,8-10,12,14-16,21,23,25-27,29,31-33,35,37-42H2,1-2H3,(H2,48,49,50)/b7-5-,13-11-,19-17-,20-18-,24-22-,30-28-,36-34-. The highest BCUT2D eigenvalue weighted by molar-refractivity contribution is 7.46. The number of hydrogen-bond acceptors (Lipinski definition) is 6. The minimum absolute atomic E-state index is 0.0818. The zero-order chi connectivity index (χ0) is 39.6. The van der Waals surface area contributed by atoms with Crippen LogP contribution in [-0.4, -0.2) is 41.0 Å². The second-order valence-electron chi connectivity index (χ2n) is 13.6. The second-order valence-corrected chi connectivity index (χ2v) is 14.8. The molecule has 0 saturated heterocycles. The van der Waals surface area contributed by atoms with Gasteiger partial charge in [0.2, 0.25) is 0 Å². The molecular weight excluding hydrogens is 699 g/mol. The predicted octanol–water partition coefficient (Wildman–Crippen LogP) is 12.8. The van der Waals surface area contributed by atoms with Crippen LogP contribution in [0.2, 0.25) is 0 Å². The third-order valence-corrected chi connectivity index (χ3v) is 8.90. The molecule has 0 radical (unpaired) electrons. The van der Waals surface area contributed by atoms with Crippen LogP contribution in [0.4, 0.5) is 0 Å². The van der Waals surface area contributed by atoms with Gasteiger partial charge in [-0.3, -0.25) is 14.1 Å². The van der Waals surface area contributed by atoms with Crippen molar-refractivity contribution in [1.29, 1.82) is 0 Å². The van der Waals surface area contributed by atoms with Crippen LogP contribution in [-0.2, 0) is 28.2 Å². The van der Waals surface area contributed by atoms with E-state index in [0.29, 0.717) is 12.8 Å². The topological polar surface area (TPSA) is 119 Å². The molecule has 0 heterocycles. The Balaban J connectivity index is 4.07. The molecule has 0 aliphatic rings. The van der Waals surface area contributed by atoms with Crippen molar-refractivity contribution < 1.29 is 37.9 Å². The molecule has 9 heteroatoms. The third kappa shape index (κ3) is 42.0. The highest BCUT2D eigenvalue weighted by Gasteiger charge is 2.22. The summed E-state index contributed by atoms with van der Waals surface area (Å²) in [6, 6.07) is 0. The van der Waals surface area contributed by atoms with Gasteiger partial charge in [0.25, 0.3) is 0 Å². The normalized spacial score (nSPS) is 13.3. The van der Waals surface area contributed by atoms with Crippen LogP contribution in [0.15, 0.2) is 85.1 Å². The monoisotopic (exact) mass is 775 g/mol. The van der Waals surface area contributed by atoms with Gasteiger partial charge in [-0.05, 0) is 77.0 Å².